The van der Waals surface area contributed by atoms with Crippen molar-refractivity contribution in [3.8, 4) is 5.75 Å². The van der Waals surface area contributed by atoms with E-state index in [9.17, 15) is 4.79 Å². The van der Waals surface area contributed by atoms with Crippen LogP contribution in [-0.2, 0) is 13.1 Å². The van der Waals surface area contributed by atoms with Crippen molar-refractivity contribution in [1.29, 1.82) is 0 Å². The first-order valence-corrected chi connectivity index (χ1v) is 9.37. The lowest BCUT2D eigenvalue weighted by molar-refractivity contribution is 0.0725. The smallest absolute Gasteiger partial charge is 0.254 e. The average Bonchev–Trinajstić information content (AvgIpc) is 3.47. The highest BCUT2D eigenvalue weighted by Crippen LogP contribution is 2.30. The molecule has 1 amide bonds. The molecule has 0 aliphatic heterocycles. The van der Waals surface area contributed by atoms with E-state index < -0.39 is 0 Å². The topological polar surface area (TPSA) is 34.5 Å². The second-order valence-electron chi connectivity index (χ2n) is 7.01. The normalized spacial score (nSPS) is 13.4. The van der Waals surface area contributed by atoms with Gasteiger partial charge in [0.05, 0.1) is 13.7 Å². The van der Waals surface area contributed by atoms with Crippen molar-refractivity contribution in [1.82, 2.24) is 9.47 Å². The van der Waals surface area contributed by atoms with Crippen LogP contribution in [0.3, 0.4) is 0 Å². The Morgan fingerprint density at radius 3 is 2.63 bits per heavy atom. The summed E-state index contributed by atoms with van der Waals surface area (Å²) in [6.45, 7) is 1.44. The van der Waals surface area contributed by atoms with Gasteiger partial charge in [0.2, 0.25) is 0 Å². The van der Waals surface area contributed by atoms with Crippen LogP contribution in [0.25, 0.3) is 0 Å². The summed E-state index contributed by atoms with van der Waals surface area (Å²) in [7, 11) is 1.62. The molecule has 0 N–H and O–H groups in total. The number of amides is 1. The Morgan fingerprint density at radius 1 is 1.07 bits per heavy atom. The first-order valence-electron chi connectivity index (χ1n) is 9.37. The lowest BCUT2D eigenvalue weighted by Gasteiger charge is -2.24. The van der Waals surface area contributed by atoms with Crippen LogP contribution >= 0.6 is 0 Å². The Kier molecular flexibility index (Phi) is 4.97. The summed E-state index contributed by atoms with van der Waals surface area (Å²) >= 11 is 0. The van der Waals surface area contributed by atoms with E-state index in [2.05, 4.69) is 47.2 Å². The largest absolute Gasteiger partial charge is 0.497 e. The van der Waals surface area contributed by atoms with Gasteiger partial charge in [0.25, 0.3) is 5.91 Å². The third kappa shape index (κ3) is 4.05. The van der Waals surface area contributed by atoms with Crippen LogP contribution in [-0.4, -0.2) is 28.5 Å². The van der Waals surface area contributed by atoms with E-state index in [1.165, 1.54) is 5.56 Å². The summed E-state index contributed by atoms with van der Waals surface area (Å²) < 4.78 is 7.50. The molecule has 1 heterocycles. The van der Waals surface area contributed by atoms with E-state index >= 15 is 0 Å². The molecule has 2 aromatic carbocycles. The highest BCUT2D eigenvalue weighted by Gasteiger charge is 2.33. The minimum absolute atomic E-state index is 0.0730. The maximum Gasteiger partial charge on any atom is 0.254 e. The molecule has 138 valence electrons. The molecule has 1 aromatic heterocycles. The fourth-order valence-electron chi connectivity index (χ4n) is 3.38. The summed E-state index contributed by atoms with van der Waals surface area (Å²) in [6.07, 6.45) is 4.24. The van der Waals surface area contributed by atoms with Crippen molar-refractivity contribution >= 4 is 5.91 Å². The van der Waals surface area contributed by atoms with Crippen LogP contribution in [0.1, 0.15) is 34.5 Å². The molecule has 4 nitrogen and oxygen atoms in total. The molecular weight excluding hydrogens is 336 g/mol. The number of nitrogens with zero attached hydrogens (tertiary/aromatic N) is 2. The van der Waals surface area contributed by atoms with Gasteiger partial charge < -0.3 is 14.2 Å². The van der Waals surface area contributed by atoms with Crippen LogP contribution in [0.2, 0.25) is 0 Å². The van der Waals surface area contributed by atoms with E-state index in [0.29, 0.717) is 23.9 Å². The lowest BCUT2D eigenvalue weighted by atomic mass is 10.1. The van der Waals surface area contributed by atoms with Crippen molar-refractivity contribution in [2.45, 2.75) is 32.0 Å². The second-order valence-corrected chi connectivity index (χ2v) is 7.01. The second kappa shape index (κ2) is 7.70. The van der Waals surface area contributed by atoms with Gasteiger partial charge in [-0.25, -0.2) is 0 Å². The Labute approximate surface area is 160 Å². The summed E-state index contributed by atoms with van der Waals surface area (Å²) in [5.74, 6) is 0.785. The summed E-state index contributed by atoms with van der Waals surface area (Å²) in [6, 6.07) is 22.3. The molecule has 1 aliphatic carbocycles. The van der Waals surface area contributed by atoms with Gasteiger partial charge in [-0.15, -0.1) is 0 Å². The SMILES string of the molecule is COc1cccc(C(=O)N(Cc2cccn2Cc2ccccc2)C2CC2)c1. The monoisotopic (exact) mass is 360 g/mol. The van der Waals surface area contributed by atoms with Gasteiger partial charge in [0.15, 0.2) is 0 Å². The molecular formula is C23H24N2O2. The number of benzene rings is 2. The maximum absolute atomic E-state index is 13.2. The number of aromatic nitrogens is 1. The molecule has 3 aromatic rings. The molecule has 0 spiro atoms. The summed E-state index contributed by atoms with van der Waals surface area (Å²) in [5, 5.41) is 0. The Balaban J connectivity index is 1.54. The van der Waals surface area contributed by atoms with Gasteiger partial charge in [0.1, 0.15) is 5.75 Å². The van der Waals surface area contributed by atoms with Gasteiger partial charge in [-0.1, -0.05) is 36.4 Å². The van der Waals surface area contributed by atoms with E-state index in [4.69, 9.17) is 4.74 Å². The first-order chi connectivity index (χ1) is 13.2. The zero-order chi connectivity index (χ0) is 18.6. The molecule has 1 aliphatic rings. The van der Waals surface area contributed by atoms with Gasteiger partial charge in [-0.05, 0) is 48.7 Å². The number of hydrogen-bond donors (Lipinski definition) is 0. The predicted molar refractivity (Wildman–Crippen MR) is 106 cm³/mol. The van der Waals surface area contributed by atoms with E-state index in [0.717, 1.165) is 25.1 Å². The van der Waals surface area contributed by atoms with Crippen LogP contribution in [0.4, 0.5) is 0 Å². The van der Waals surface area contributed by atoms with Crippen molar-refractivity contribution in [2.75, 3.05) is 7.11 Å². The highest BCUT2D eigenvalue weighted by molar-refractivity contribution is 5.95. The minimum atomic E-state index is 0.0730. The standard InChI is InChI=1S/C23H24N2O2/c1-27-22-11-5-9-19(15-22)23(26)25(20-12-13-20)17-21-10-6-14-24(21)16-18-7-3-2-4-8-18/h2-11,14-15,20H,12-13,16-17H2,1H3. The zero-order valence-electron chi connectivity index (χ0n) is 15.5. The quantitative estimate of drug-likeness (QED) is 0.628. The number of carbonyl (C=O) groups excluding carboxylic acids is 1. The molecule has 1 fully saturated rings. The lowest BCUT2D eigenvalue weighted by Crippen LogP contribution is -2.33. The summed E-state index contributed by atoms with van der Waals surface area (Å²) in [4.78, 5) is 15.2. The van der Waals surface area contributed by atoms with Crippen LogP contribution < -0.4 is 4.74 Å². The molecule has 0 saturated heterocycles. The van der Waals surface area contributed by atoms with Crippen molar-refractivity contribution in [3.63, 3.8) is 0 Å². The molecule has 0 bridgehead atoms. The molecule has 1 saturated carbocycles. The third-order valence-electron chi connectivity index (χ3n) is 5.02. The molecule has 0 unspecified atom stereocenters. The fraction of sp³-hybridized carbons (Fsp3) is 0.261. The number of methoxy groups -OCH3 is 1. The van der Waals surface area contributed by atoms with E-state index in [1.54, 1.807) is 7.11 Å². The highest BCUT2D eigenvalue weighted by atomic mass is 16.5. The van der Waals surface area contributed by atoms with E-state index in [-0.39, 0.29) is 5.91 Å². The molecule has 27 heavy (non-hydrogen) atoms. The zero-order valence-corrected chi connectivity index (χ0v) is 15.5. The molecule has 0 radical (unpaired) electrons. The van der Waals surface area contributed by atoms with Crippen LogP contribution in [0.15, 0.2) is 72.9 Å². The van der Waals surface area contributed by atoms with Gasteiger partial charge in [0, 0.05) is 30.0 Å². The van der Waals surface area contributed by atoms with Crippen molar-refractivity contribution in [2.24, 2.45) is 0 Å². The predicted octanol–water partition coefficient (Wildman–Crippen LogP) is 4.35. The fourth-order valence-corrected chi connectivity index (χ4v) is 3.38. The molecule has 0 atom stereocenters. The van der Waals surface area contributed by atoms with Gasteiger partial charge >= 0.3 is 0 Å². The van der Waals surface area contributed by atoms with Crippen LogP contribution in [0, 0.1) is 0 Å². The third-order valence-corrected chi connectivity index (χ3v) is 5.02. The van der Waals surface area contributed by atoms with Crippen molar-refractivity contribution < 1.29 is 9.53 Å². The van der Waals surface area contributed by atoms with Crippen LogP contribution in [0.5, 0.6) is 5.75 Å². The Bertz CT molecular complexity index is 913. The number of carbonyl (C=O) groups is 1. The Hall–Kier alpha value is -3.01. The average molecular weight is 360 g/mol. The number of rotatable bonds is 7. The van der Waals surface area contributed by atoms with Gasteiger partial charge in [-0.3, -0.25) is 4.79 Å². The van der Waals surface area contributed by atoms with Gasteiger partial charge in [-0.2, -0.15) is 0 Å². The van der Waals surface area contributed by atoms with E-state index in [1.807, 2.05) is 35.2 Å². The minimum Gasteiger partial charge on any atom is -0.497 e. The maximum atomic E-state index is 13.2. The molecule has 4 rings (SSSR count). The molecule has 4 heteroatoms. The first kappa shape index (κ1) is 17.4. The number of ether oxygens (including phenoxy) is 1. The van der Waals surface area contributed by atoms with Crippen molar-refractivity contribution in [3.05, 3.63) is 89.7 Å². The Morgan fingerprint density at radius 2 is 1.89 bits per heavy atom. The number of hydrogen-bond acceptors (Lipinski definition) is 2. The summed E-state index contributed by atoms with van der Waals surface area (Å²) in [5.41, 5.74) is 3.09.